The van der Waals surface area contributed by atoms with E-state index in [1.807, 2.05) is 11.8 Å². The molecule has 13 heteroatoms. The molecule has 0 aromatic carbocycles. The van der Waals surface area contributed by atoms with Gasteiger partial charge in [-0.25, -0.2) is 9.98 Å². The second-order valence-corrected chi connectivity index (χ2v) is 8.46. The lowest BCUT2D eigenvalue weighted by atomic mass is 9.97. The maximum absolute atomic E-state index is 12.8. The number of carbonyl (C=O) groups excluding carboxylic acids is 2. The summed E-state index contributed by atoms with van der Waals surface area (Å²) in [5.74, 6) is -0.724. The number of likely N-dealkylation sites (tertiary alicyclic amines) is 1. The fourth-order valence-electron chi connectivity index (χ4n) is 4.11. The number of amides is 2. The quantitative estimate of drug-likeness (QED) is 0.567. The van der Waals surface area contributed by atoms with Crippen LogP contribution in [0.5, 0.6) is 5.88 Å². The number of nitrogens with zero attached hydrogens (tertiary/aromatic N) is 4. The van der Waals surface area contributed by atoms with Crippen molar-refractivity contribution in [1.82, 2.24) is 15.2 Å². The first-order chi connectivity index (χ1) is 17.1. The van der Waals surface area contributed by atoms with Crippen molar-refractivity contribution in [3.63, 3.8) is 0 Å². The number of carbonyl (C=O) groups is 2. The number of ether oxygens (including phenoxy) is 2. The Bertz CT molecular complexity index is 1140. The molecule has 1 aromatic rings. The molecule has 2 amide bonds. The molecular weight excluding hydrogens is 481 g/mol. The first kappa shape index (κ1) is 25.2. The zero-order valence-electron chi connectivity index (χ0n) is 19.4. The number of nitrogens with two attached hydrogens (primary N) is 1. The number of guanidine groups is 1. The highest BCUT2D eigenvalue weighted by Gasteiger charge is 2.34. The maximum atomic E-state index is 12.8. The molecule has 0 aliphatic carbocycles. The van der Waals surface area contributed by atoms with E-state index < -0.39 is 23.8 Å². The van der Waals surface area contributed by atoms with Crippen LogP contribution >= 0.6 is 0 Å². The molecule has 0 spiro atoms. The number of aromatic nitrogens is 1. The van der Waals surface area contributed by atoms with Gasteiger partial charge in [0.15, 0.2) is 6.10 Å². The summed E-state index contributed by atoms with van der Waals surface area (Å²) in [4.78, 5) is 38.2. The molecule has 0 unspecified atom stereocenters. The Morgan fingerprint density at radius 1 is 1.28 bits per heavy atom. The summed E-state index contributed by atoms with van der Waals surface area (Å²) in [5.41, 5.74) is 7.28. The third-order valence-electron chi connectivity index (χ3n) is 6.01. The largest absolute Gasteiger partial charge is 0.474 e. The molecule has 0 bridgehead atoms. The summed E-state index contributed by atoms with van der Waals surface area (Å²) >= 11 is 0. The van der Waals surface area contributed by atoms with Gasteiger partial charge in [0.1, 0.15) is 11.8 Å². The van der Waals surface area contributed by atoms with Crippen molar-refractivity contribution in [3.8, 4) is 5.88 Å². The number of nitrogens with one attached hydrogen (secondary N) is 1. The molecule has 192 valence electrons. The van der Waals surface area contributed by atoms with Crippen LogP contribution in [0.25, 0.3) is 0 Å². The van der Waals surface area contributed by atoms with Crippen LogP contribution in [0.4, 0.5) is 13.2 Å². The number of hydrogen-bond donors (Lipinski definition) is 2. The standard InChI is InChI=1S/C23H25F3N6O4/c1-2-14-11-15(35-18-5-3-13(12-29-18)23(24,25)26)8-10-32(14)22-30-16(20(27)33)4-6-19(31-22)36-17-7-9-28-21(17)34/h3-5,12,14-15,17H,2,7-11H2,1H3,(H2,27,33)(H,28,34)/t14-,15-,17+/m1/s1. The average Bonchev–Trinajstić information content (AvgIpc) is 3.11. The lowest BCUT2D eigenvalue weighted by molar-refractivity contribution is -0.137. The molecule has 0 radical (unpaired) electrons. The molecule has 0 saturated carbocycles. The van der Waals surface area contributed by atoms with E-state index in [2.05, 4.69) is 26.0 Å². The van der Waals surface area contributed by atoms with Gasteiger partial charge in [0.05, 0.1) is 5.56 Å². The van der Waals surface area contributed by atoms with E-state index >= 15 is 0 Å². The van der Waals surface area contributed by atoms with Gasteiger partial charge in [0, 0.05) is 56.7 Å². The third-order valence-corrected chi connectivity index (χ3v) is 6.01. The summed E-state index contributed by atoms with van der Waals surface area (Å²) in [7, 11) is 0. The highest BCUT2D eigenvalue weighted by Crippen LogP contribution is 2.30. The van der Waals surface area contributed by atoms with Crippen molar-refractivity contribution in [2.24, 2.45) is 15.7 Å². The van der Waals surface area contributed by atoms with E-state index in [4.69, 9.17) is 15.2 Å². The number of rotatable bonds is 6. The first-order valence-electron chi connectivity index (χ1n) is 11.5. The molecule has 2 fully saturated rings. The van der Waals surface area contributed by atoms with E-state index in [0.717, 1.165) is 12.3 Å². The van der Waals surface area contributed by atoms with Gasteiger partial charge in [-0.1, -0.05) is 12.7 Å². The summed E-state index contributed by atoms with van der Waals surface area (Å²) in [6.07, 6.45) is -1.33. The number of pyridine rings is 1. The minimum absolute atomic E-state index is 0.00855. The zero-order chi connectivity index (χ0) is 25.9. The molecule has 2 saturated heterocycles. The average molecular weight is 506 g/mol. The number of primary amides is 1. The van der Waals surface area contributed by atoms with Crippen molar-refractivity contribution in [2.75, 3.05) is 13.1 Å². The van der Waals surface area contributed by atoms with E-state index in [0.29, 0.717) is 38.8 Å². The number of hydrogen-bond acceptors (Lipinski definition) is 8. The van der Waals surface area contributed by atoms with E-state index in [-0.39, 0.29) is 41.5 Å². The fraction of sp³-hybridized carbons (Fsp3) is 0.478. The normalized spacial score (nSPS) is 24.3. The van der Waals surface area contributed by atoms with Gasteiger partial charge in [-0.05, 0) is 12.5 Å². The minimum atomic E-state index is -4.47. The van der Waals surface area contributed by atoms with Crippen molar-refractivity contribution >= 4 is 23.5 Å². The van der Waals surface area contributed by atoms with Gasteiger partial charge in [-0.15, -0.1) is 0 Å². The Balaban J connectivity index is 1.49. The van der Waals surface area contributed by atoms with Gasteiger partial charge in [-0.2, -0.15) is 18.2 Å². The van der Waals surface area contributed by atoms with E-state index in [1.165, 1.54) is 12.1 Å². The predicted molar refractivity (Wildman–Crippen MR) is 122 cm³/mol. The van der Waals surface area contributed by atoms with Crippen LogP contribution in [0.15, 0.2) is 46.0 Å². The van der Waals surface area contributed by atoms with Crippen LogP contribution in [0, 0.1) is 0 Å². The van der Waals surface area contributed by atoms with Gasteiger partial charge in [-0.3, -0.25) is 9.59 Å². The lowest BCUT2D eigenvalue weighted by Crippen LogP contribution is -2.48. The number of alkyl halides is 3. The van der Waals surface area contributed by atoms with Gasteiger partial charge >= 0.3 is 6.18 Å². The van der Waals surface area contributed by atoms with Gasteiger partial charge in [0.2, 0.25) is 11.8 Å². The Kier molecular flexibility index (Phi) is 7.30. The summed E-state index contributed by atoms with van der Waals surface area (Å²) in [6, 6.07) is 2.01. The molecule has 1 aromatic heterocycles. The molecule has 3 aliphatic heterocycles. The van der Waals surface area contributed by atoms with Crippen molar-refractivity contribution < 1.29 is 32.2 Å². The minimum Gasteiger partial charge on any atom is -0.474 e. The van der Waals surface area contributed by atoms with E-state index in [9.17, 15) is 22.8 Å². The summed E-state index contributed by atoms with van der Waals surface area (Å²) < 4.78 is 49.9. The van der Waals surface area contributed by atoms with Crippen LogP contribution in [-0.4, -0.2) is 64.7 Å². The Hall–Kier alpha value is -3.86. The topological polar surface area (TPSA) is 132 Å². The molecular formula is C23H25F3N6O4. The smallest absolute Gasteiger partial charge is 0.417 e. The molecule has 3 N–H and O–H groups in total. The summed E-state index contributed by atoms with van der Waals surface area (Å²) in [5, 5.41) is 2.68. The Morgan fingerprint density at radius 3 is 2.69 bits per heavy atom. The van der Waals surface area contributed by atoms with Crippen molar-refractivity contribution in [1.29, 1.82) is 0 Å². The van der Waals surface area contributed by atoms with Crippen LogP contribution in [0.1, 0.15) is 38.2 Å². The first-order valence-corrected chi connectivity index (χ1v) is 11.5. The third kappa shape index (κ3) is 5.85. The number of piperidine rings is 1. The SMILES string of the molecule is CC[C@@H]1C[C@H](Oc2ccc(C(F)(F)F)cn2)CCN1C1=NC(O[C@H]2CCNC2=O)=C=CC(C(N)=O)=N1. The molecule has 4 rings (SSSR count). The molecule has 36 heavy (non-hydrogen) atoms. The molecule has 10 nitrogen and oxygen atoms in total. The second kappa shape index (κ2) is 10.4. The van der Waals surface area contributed by atoms with Crippen molar-refractivity contribution in [3.05, 3.63) is 41.6 Å². The summed E-state index contributed by atoms with van der Waals surface area (Å²) in [6.45, 7) is 2.87. The highest BCUT2D eigenvalue weighted by atomic mass is 19.4. The molecule has 3 atom stereocenters. The number of aliphatic imine (C=N–C) groups is 2. The maximum Gasteiger partial charge on any atom is 0.417 e. The zero-order valence-corrected chi connectivity index (χ0v) is 19.4. The lowest BCUT2D eigenvalue weighted by Gasteiger charge is -2.39. The predicted octanol–water partition coefficient (Wildman–Crippen LogP) is 1.92. The van der Waals surface area contributed by atoms with Gasteiger partial charge < -0.3 is 25.4 Å². The molecule has 4 heterocycles. The van der Waals surface area contributed by atoms with Crippen LogP contribution in [-0.2, 0) is 20.5 Å². The van der Waals surface area contributed by atoms with Gasteiger partial charge in [0.25, 0.3) is 17.7 Å². The van der Waals surface area contributed by atoms with Crippen LogP contribution < -0.4 is 15.8 Å². The number of halogens is 3. The van der Waals surface area contributed by atoms with E-state index in [1.54, 1.807) is 0 Å². The highest BCUT2D eigenvalue weighted by molar-refractivity contribution is 6.44. The van der Waals surface area contributed by atoms with Crippen LogP contribution in [0.2, 0.25) is 0 Å². The van der Waals surface area contributed by atoms with Crippen molar-refractivity contribution in [2.45, 2.75) is 57.0 Å². The Morgan fingerprint density at radius 2 is 2.08 bits per heavy atom. The Labute approximate surface area is 204 Å². The second-order valence-electron chi connectivity index (χ2n) is 8.46. The fourth-order valence-corrected chi connectivity index (χ4v) is 4.11. The van der Waals surface area contributed by atoms with Crippen LogP contribution in [0.3, 0.4) is 0 Å². The monoisotopic (exact) mass is 506 g/mol. The molecule has 3 aliphatic rings.